The Labute approximate surface area is 102 Å². The molecule has 0 amide bonds. The molecule has 1 aromatic carbocycles. The van der Waals surface area contributed by atoms with E-state index < -0.39 is 8.07 Å². The zero-order chi connectivity index (χ0) is 11.8. The summed E-state index contributed by atoms with van der Waals surface area (Å²) in [6.45, 7) is 9.01. The molecule has 0 aliphatic heterocycles. The van der Waals surface area contributed by atoms with Crippen LogP contribution in [0.5, 0.6) is 0 Å². The number of fused-ring (bicyclic) bond motifs is 1. The molecular weight excluding hydrogens is 228 g/mol. The lowest BCUT2D eigenvalue weighted by atomic mass is 10.1. The molecule has 0 spiro atoms. The molecule has 1 heterocycles. The topological polar surface area (TPSA) is 0 Å². The van der Waals surface area contributed by atoms with Gasteiger partial charge in [0.1, 0.15) is 8.07 Å². The van der Waals surface area contributed by atoms with Gasteiger partial charge in [-0.3, -0.25) is 0 Å². The molecule has 82 valence electrons. The highest BCUT2D eigenvalue weighted by molar-refractivity contribution is 7.19. The Hall–Kier alpha value is -1.04. The Kier molecular flexibility index (Phi) is 2.92. The minimum Gasteiger partial charge on any atom is -0.139 e. The first kappa shape index (κ1) is 11.4. The van der Waals surface area contributed by atoms with Crippen LogP contribution in [0.25, 0.3) is 10.1 Å². The van der Waals surface area contributed by atoms with Gasteiger partial charge < -0.3 is 0 Å². The Balaban J connectivity index is 2.59. The Bertz CT molecular complexity index is 576. The second-order valence-electron chi connectivity index (χ2n) is 5.03. The van der Waals surface area contributed by atoms with Crippen LogP contribution in [0.2, 0.25) is 19.6 Å². The molecule has 2 heteroatoms. The number of hydrogen-bond donors (Lipinski definition) is 0. The Morgan fingerprint density at radius 2 is 1.81 bits per heavy atom. The summed E-state index contributed by atoms with van der Waals surface area (Å²) in [7, 11) is -1.28. The van der Waals surface area contributed by atoms with Crippen molar-refractivity contribution in [1.82, 2.24) is 0 Å². The van der Waals surface area contributed by atoms with Crippen LogP contribution in [0.1, 0.15) is 10.4 Å². The SMILES string of the molecule is Cc1sc2ccccc2c1C#C[Si](C)(C)C. The minimum atomic E-state index is -1.28. The van der Waals surface area contributed by atoms with Gasteiger partial charge in [0.2, 0.25) is 0 Å². The lowest BCUT2D eigenvalue weighted by Gasteiger charge is -2.03. The molecule has 2 aromatic rings. The van der Waals surface area contributed by atoms with Gasteiger partial charge >= 0.3 is 0 Å². The predicted molar refractivity (Wildman–Crippen MR) is 76.8 cm³/mol. The van der Waals surface area contributed by atoms with E-state index in [4.69, 9.17) is 0 Å². The summed E-state index contributed by atoms with van der Waals surface area (Å²) in [4.78, 5) is 1.34. The van der Waals surface area contributed by atoms with E-state index in [1.165, 1.54) is 20.5 Å². The summed E-state index contributed by atoms with van der Waals surface area (Å²) in [5.41, 5.74) is 4.69. The maximum absolute atomic E-state index is 3.45. The fourth-order valence-electron chi connectivity index (χ4n) is 1.57. The van der Waals surface area contributed by atoms with Crippen molar-refractivity contribution in [2.75, 3.05) is 0 Å². The molecule has 0 bridgehead atoms. The summed E-state index contributed by atoms with van der Waals surface area (Å²) in [6, 6.07) is 8.53. The molecule has 1 aromatic heterocycles. The van der Waals surface area contributed by atoms with Crippen molar-refractivity contribution in [3.63, 3.8) is 0 Å². The molecule has 0 N–H and O–H groups in total. The third-order valence-electron chi connectivity index (χ3n) is 2.33. The van der Waals surface area contributed by atoms with E-state index in [-0.39, 0.29) is 0 Å². The lowest BCUT2D eigenvalue weighted by molar-refractivity contribution is 1.61. The molecule has 0 saturated heterocycles. The third-order valence-corrected chi connectivity index (χ3v) is 4.30. The van der Waals surface area contributed by atoms with Crippen LogP contribution in [0, 0.1) is 18.4 Å². The van der Waals surface area contributed by atoms with E-state index in [0.29, 0.717) is 0 Å². The van der Waals surface area contributed by atoms with E-state index in [9.17, 15) is 0 Å². The van der Waals surface area contributed by atoms with Crippen LogP contribution < -0.4 is 0 Å². The van der Waals surface area contributed by atoms with Crippen LogP contribution in [0.15, 0.2) is 24.3 Å². The Morgan fingerprint density at radius 3 is 2.50 bits per heavy atom. The van der Waals surface area contributed by atoms with Gasteiger partial charge in [0.05, 0.1) is 0 Å². The van der Waals surface area contributed by atoms with Crippen molar-refractivity contribution >= 4 is 29.5 Å². The van der Waals surface area contributed by atoms with Gasteiger partial charge in [0.15, 0.2) is 0 Å². The molecule has 2 rings (SSSR count). The van der Waals surface area contributed by atoms with Crippen LogP contribution >= 0.6 is 11.3 Å². The zero-order valence-corrected chi connectivity index (χ0v) is 12.0. The number of thiophene rings is 1. The summed E-state index contributed by atoms with van der Waals surface area (Å²) in [6.07, 6.45) is 0. The quantitative estimate of drug-likeness (QED) is 0.475. The number of benzene rings is 1. The normalized spacial score (nSPS) is 11.2. The van der Waals surface area contributed by atoms with E-state index in [0.717, 1.165) is 0 Å². The standard InChI is InChI=1S/C14H16SSi/c1-11-12(9-10-16(2,3)4)13-7-5-6-8-14(13)15-11/h5-8H,1-4H3. The minimum absolute atomic E-state index is 1.24. The number of aryl methyl sites for hydroxylation is 1. The molecule has 16 heavy (non-hydrogen) atoms. The monoisotopic (exact) mass is 244 g/mol. The molecule has 0 unspecified atom stereocenters. The predicted octanol–water partition coefficient (Wildman–Crippen LogP) is 4.44. The molecule has 0 atom stereocenters. The van der Waals surface area contributed by atoms with Gasteiger partial charge in [-0.15, -0.1) is 16.9 Å². The van der Waals surface area contributed by atoms with E-state index >= 15 is 0 Å². The van der Waals surface area contributed by atoms with Crippen molar-refractivity contribution in [3.8, 4) is 11.5 Å². The van der Waals surface area contributed by atoms with Gasteiger partial charge in [-0.25, -0.2) is 0 Å². The van der Waals surface area contributed by atoms with Crippen molar-refractivity contribution in [1.29, 1.82) is 0 Å². The largest absolute Gasteiger partial charge is 0.139 e. The summed E-state index contributed by atoms with van der Waals surface area (Å²) in [5, 5.41) is 1.32. The zero-order valence-electron chi connectivity index (χ0n) is 10.2. The molecule has 0 fully saturated rings. The van der Waals surface area contributed by atoms with E-state index in [1.807, 2.05) is 11.3 Å². The van der Waals surface area contributed by atoms with Gasteiger partial charge in [0, 0.05) is 20.5 Å². The fraction of sp³-hybridized carbons (Fsp3) is 0.286. The van der Waals surface area contributed by atoms with Crippen LogP contribution in [-0.4, -0.2) is 8.07 Å². The first-order chi connectivity index (χ1) is 7.47. The smallest absolute Gasteiger partial charge is 0.129 e. The molecular formula is C14H16SSi. The second kappa shape index (κ2) is 4.08. The number of rotatable bonds is 0. The van der Waals surface area contributed by atoms with Crippen molar-refractivity contribution < 1.29 is 0 Å². The maximum atomic E-state index is 3.45. The lowest BCUT2D eigenvalue weighted by Crippen LogP contribution is -2.16. The van der Waals surface area contributed by atoms with Crippen molar-refractivity contribution in [2.45, 2.75) is 26.6 Å². The Morgan fingerprint density at radius 1 is 1.12 bits per heavy atom. The van der Waals surface area contributed by atoms with Gasteiger partial charge in [-0.1, -0.05) is 43.8 Å². The van der Waals surface area contributed by atoms with Crippen molar-refractivity contribution in [2.24, 2.45) is 0 Å². The molecule has 0 saturated carbocycles. The summed E-state index contributed by atoms with van der Waals surface area (Å²) in [5.74, 6) is 3.40. The van der Waals surface area contributed by atoms with Crippen LogP contribution in [0.4, 0.5) is 0 Å². The van der Waals surface area contributed by atoms with Gasteiger partial charge in [-0.05, 0) is 13.0 Å². The van der Waals surface area contributed by atoms with E-state index in [1.54, 1.807) is 0 Å². The highest BCUT2D eigenvalue weighted by Crippen LogP contribution is 2.29. The van der Waals surface area contributed by atoms with Gasteiger partial charge in [-0.2, -0.15) is 0 Å². The highest BCUT2D eigenvalue weighted by atomic mass is 32.1. The van der Waals surface area contributed by atoms with Crippen LogP contribution in [0.3, 0.4) is 0 Å². The molecule has 0 aliphatic carbocycles. The maximum Gasteiger partial charge on any atom is 0.129 e. The van der Waals surface area contributed by atoms with Crippen LogP contribution in [-0.2, 0) is 0 Å². The first-order valence-corrected chi connectivity index (χ1v) is 9.80. The first-order valence-electron chi connectivity index (χ1n) is 5.49. The molecule has 0 nitrogen and oxygen atoms in total. The van der Waals surface area contributed by atoms with E-state index in [2.05, 4.69) is 62.3 Å². The fourth-order valence-corrected chi connectivity index (χ4v) is 3.09. The highest BCUT2D eigenvalue weighted by Gasteiger charge is 2.10. The average Bonchev–Trinajstić information content (AvgIpc) is 2.49. The average molecular weight is 244 g/mol. The number of hydrogen-bond acceptors (Lipinski definition) is 1. The second-order valence-corrected chi connectivity index (χ2v) is 11.0. The molecule has 0 radical (unpaired) electrons. The van der Waals surface area contributed by atoms with Gasteiger partial charge in [0.25, 0.3) is 0 Å². The summed E-state index contributed by atoms with van der Waals surface area (Å²) >= 11 is 1.84. The molecule has 0 aliphatic rings. The summed E-state index contributed by atoms with van der Waals surface area (Å²) < 4.78 is 1.35. The third kappa shape index (κ3) is 2.37. The van der Waals surface area contributed by atoms with Crippen molar-refractivity contribution in [3.05, 3.63) is 34.7 Å².